The Morgan fingerprint density at radius 2 is 1.20 bits per heavy atom. The molecule has 0 spiro atoms. The summed E-state index contributed by atoms with van der Waals surface area (Å²) in [5.74, 6) is -0.373. The van der Waals surface area contributed by atoms with Gasteiger partial charge in [-0.1, -0.05) is 154 Å². The summed E-state index contributed by atoms with van der Waals surface area (Å²) < 4.78 is 25.0. The van der Waals surface area contributed by atoms with Gasteiger partial charge in [-0.05, 0) is 80.6 Å². The molecule has 19 heteroatoms. The van der Waals surface area contributed by atoms with E-state index in [0.29, 0.717) is 51.3 Å². The van der Waals surface area contributed by atoms with Gasteiger partial charge in [-0.2, -0.15) is 0 Å². The molecule has 0 saturated carbocycles. The zero-order valence-corrected chi connectivity index (χ0v) is 49.6. The lowest BCUT2D eigenvalue weighted by atomic mass is 9.93. The molecule has 87 heavy (non-hydrogen) atoms. The van der Waals surface area contributed by atoms with Crippen molar-refractivity contribution < 1.29 is 52.8 Å². The van der Waals surface area contributed by atoms with Crippen LogP contribution in [0.1, 0.15) is 126 Å². The van der Waals surface area contributed by atoms with Crippen molar-refractivity contribution in [1.29, 1.82) is 0 Å². The molecule has 10 rings (SSSR count). The molecule has 0 aromatic heterocycles. The van der Waals surface area contributed by atoms with E-state index in [2.05, 4.69) is 34.6 Å². The van der Waals surface area contributed by atoms with Gasteiger partial charge < -0.3 is 24.8 Å². The molecule has 1 saturated heterocycles. The smallest absolute Gasteiger partial charge is 0.409 e. The molecule has 7 aromatic carbocycles. The van der Waals surface area contributed by atoms with Crippen molar-refractivity contribution in [3.05, 3.63) is 234 Å². The molecule has 2 unspecified atom stereocenters. The number of benzene rings is 7. The number of nitrogens with zero attached hydrogens (tertiary/aromatic N) is 4. The van der Waals surface area contributed by atoms with E-state index in [1.807, 2.05) is 111 Å². The van der Waals surface area contributed by atoms with Gasteiger partial charge >= 0.3 is 6.09 Å². The average Bonchev–Trinajstić information content (AvgIpc) is 1.82. The van der Waals surface area contributed by atoms with Crippen LogP contribution in [0.5, 0.6) is 0 Å². The topological polar surface area (TPSA) is 241 Å². The minimum Gasteiger partial charge on any atom is -0.599 e. The van der Waals surface area contributed by atoms with E-state index < -0.39 is 39.4 Å². The number of amides is 2. The number of ether oxygens (including phenoxy) is 2. The third-order valence-electron chi connectivity index (χ3n) is 15.3. The Morgan fingerprint density at radius 1 is 0.678 bits per heavy atom. The number of ketones is 3. The van der Waals surface area contributed by atoms with Crippen molar-refractivity contribution >= 4 is 58.4 Å². The standard InChI is InChI=1S/C25H22FN3O5.C23H25NO3.C10H11ClO.C10H11NO3/c1-27-24(30)13-22(20-12-15(26)10-11-23(20)29(32)33)28-25(31)34-14-21-18-8-4-2-6-16(18)17-7-3-5-9-19(17)21;1-2-22(25)16-8-7-13-24(14-16)23(26)27-15-21-19-11-5-3-9-17(19)18-10-4-6-12-20(18)21;1-2-10(12)9-5-3-8(7-11)4-6-9;1-2-10(12)7-8-3-5-9(6-4-8)11(13)14/h2-12,21-22H,13-14H2,1H3,(H,27,30)(H,28,31);3-6,9-12,16,21H,2,7-8,13-15H2,1H3;3-6H,2,7H2,1H3;3-6H,2,7H2,1H3/p-1. The molecule has 1 heterocycles. The number of aliphatic imine (C=N–C) groups is 1. The number of nitrogens with one attached hydrogen (secondary N) is 1. The van der Waals surface area contributed by atoms with Crippen molar-refractivity contribution in [3.8, 4) is 22.3 Å². The maximum absolute atomic E-state index is 13.9. The number of alkyl halides is 1. The highest BCUT2D eigenvalue weighted by atomic mass is 35.5. The number of hydrogen-bond donors (Lipinski definition) is 1. The van der Waals surface area contributed by atoms with Crippen LogP contribution in [0.25, 0.3) is 22.3 Å². The molecule has 1 aliphatic heterocycles. The van der Waals surface area contributed by atoms with E-state index >= 15 is 0 Å². The van der Waals surface area contributed by atoms with Crippen LogP contribution in [0.2, 0.25) is 0 Å². The fourth-order valence-corrected chi connectivity index (χ4v) is 10.8. The highest BCUT2D eigenvalue weighted by Crippen LogP contribution is 2.46. The van der Waals surface area contributed by atoms with Crippen LogP contribution in [-0.2, 0) is 36.2 Å². The quantitative estimate of drug-likeness (QED) is 0.0211. The fraction of sp³-hybridized carbons (Fsp3) is 0.294. The minimum atomic E-state index is -1.29. The summed E-state index contributed by atoms with van der Waals surface area (Å²) >= 11 is 5.61. The summed E-state index contributed by atoms with van der Waals surface area (Å²) in [7, 11) is 1.38. The first-order chi connectivity index (χ1) is 42.0. The molecule has 17 nitrogen and oxygen atoms in total. The van der Waals surface area contributed by atoms with Crippen LogP contribution in [0, 0.1) is 32.0 Å². The Labute approximate surface area is 509 Å². The van der Waals surface area contributed by atoms with E-state index in [-0.39, 0.29) is 65.5 Å². The number of carbonyl (C=O) groups excluding carboxylic acids is 5. The first-order valence-electron chi connectivity index (χ1n) is 28.7. The molecular weight excluding hydrogens is 1130 g/mol. The normalized spacial score (nSPS) is 14.1. The number of rotatable bonds is 18. The number of halogens is 2. The van der Waals surface area contributed by atoms with Gasteiger partial charge in [-0.15, -0.1) is 11.6 Å². The van der Waals surface area contributed by atoms with Gasteiger partial charge in [0.15, 0.2) is 5.78 Å². The zero-order valence-electron chi connectivity index (χ0n) is 48.8. The molecule has 1 fully saturated rings. The number of nitro groups is 2. The van der Waals surface area contributed by atoms with Gasteiger partial charge in [0.2, 0.25) is 5.91 Å². The number of fused-ring (bicyclic) bond motifs is 6. The Bertz CT molecular complexity index is 3520. The Balaban J connectivity index is 0.000000180. The van der Waals surface area contributed by atoms with Crippen LogP contribution in [0.3, 0.4) is 0 Å². The highest BCUT2D eigenvalue weighted by molar-refractivity contribution is 6.17. The van der Waals surface area contributed by atoms with Gasteiger partial charge in [0.25, 0.3) is 11.4 Å². The third kappa shape index (κ3) is 17.2. The highest BCUT2D eigenvalue weighted by Gasteiger charge is 2.33. The number of carbonyl (C=O) groups is 5. The Hall–Kier alpha value is -9.42. The monoisotopic (exact) mass is 1200 g/mol. The maximum atomic E-state index is 13.9. The SMILES string of the molecule is CCC(=O)C1CCCN(C(=O)OCC2c3ccccc3-c3ccccc32)C1.CCC(=O)Cc1ccc([N+](=O)[O-])cc1.CCC(=O)c1ccc(CCl)cc1.CNC(=O)CC(N=C([O-])OCC1c2ccccc2-c2ccccc21)c1cc(F)ccc1[N+](=O)[O-]. The number of hydrogen-bond acceptors (Lipinski definition) is 13. The van der Waals surface area contributed by atoms with Crippen LogP contribution in [0.4, 0.5) is 20.6 Å². The predicted molar refractivity (Wildman–Crippen MR) is 329 cm³/mol. The van der Waals surface area contributed by atoms with E-state index in [0.717, 1.165) is 70.0 Å². The zero-order chi connectivity index (χ0) is 62.6. The molecule has 452 valence electrons. The molecular formula is C68H68ClFN5O12-. The summed E-state index contributed by atoms with van der Waals surface area (Å²) in [6, 6.07) is 47.3. The van der Waals surface area contributed by atoms with E-state index in [9.17, 15) is 53.7 Å². The number of nitro benzene ring substituents is 2. The molecule has 2 atom stereocenters. The molecule has 2 aliphatic carbocycles. The van der Waals surface area contributed by atoms with Crippen molar-refractivity contribution in [2.24, 2.45) is 10.9 Å². The summed E-state index contributed by atoms with van der Waals surface area (Å²) in [4.78, 5) is 85.1. The summed E-state index contributed by atoms with van der Waals surface area (Å²) in [5, 5.41) is 36.8. The third-order valence-corrected chi connectivity index (χ3v) is 15.6. The minimum absolute atomic E-state index is 0.00566. The van der Waals surface area contributed by atoms with Gasteiger partial charge in [0.05, 0.1) is 27.9 Å². The number of non-ortho nitro benzene ring substituents is 1. The second-order valence-corrected chi connectivity index (χ2v) is 21.1. The number of Topliss-reactive ketones (excluding diaryl/α,β-unsaturated/α-hetero) is 3. The second-order valence-electron chi connectivity index (χ2n) is 20.8. The van der Waals surface area contributed by atoms with Crippen LogP contribution in [-0.4, -0.2) is 83.5 Å². The Kier molecular flexibility index (Phi) is 23.7. The summed E-state index contributed by atoms with van der Waals surface area (Å²) in [6.07, 6.45) is 2.00. The van der Waals surface area contributed by atoms with Crippen LogP contribution in [0.15, 0.2) is 169 Å². The van der Waals surface area contributed by atoms with Crippen molar-refractivity contribution in [2.75, 3.05) is 33.4 Å². The molecule has 7 aromatic rings. The number of piperidine rings is 1. The van der Waals surface area contributed by atoms with Crippen molar-refractivity contribution in [2.45, 2.75) is 89.5 Å². The largest absolute Gasteiger partial charge is 0.599 e. The average molecular weight is 1200 g/mol. The lowest BCUT2D eigenvalue weighted by Crippen LogP contribution is -2.42. The summed E-state index contributed by atoms with van der Waals surface area (Å²) in [6.45, 7) is 7.03. The first kappa shape index (κ1) is 65.1. The lowest BCUT2D eigenvalue weighted by Gasteiger charge is -2.31. The van der Waals surface area contributed by atoms with Gasteiger partial charge in [-0.25, -0.2) is 9.18 Å². The van der Waals surface area contributed by atoms with E-state index in [4.69, 9.17) is 21.1 Å². The predicted octanol–water partition coefficient (Wildman–Crippen LogP) is 13.2. The van der Waals surface area contributed by atoms with E-state index in [1.165, 1.54) is 41.4 Å². The van der Waals surface area contributed by atoms with Crippen molar-refractivity contribution in [3.63, 3.8) is 0 Å². The van der Waals surface area contributed by atoms with Gasteiger partial charge in [0.1, 0.15) is 30.1 Å². The lowest BCUT2D eigenvalue weighted by molar-refractivity contribution is -0.385. The van der Waals surface area contributed by atoms with Crippen molar-refractivity contribution in [1.82, 2.24) is 10.2 Å². The fourth-order valence-electron chi connectivity index (χ4n) is 10.7. The second kappa shape index (κ2) is 31.6. The molecule has 1 N–H and O–H groups in total. The molecule has 3 aliphatic rings. The van der Waals surface area contributed by atoms with Crippen LogP contribution < -0.4 is 10.4 Å². The molecule has 0 bridgehead atoms. The summed E-state index contributed by atoms with van der Waals surface area (Å²) in [5.41, 5.74) is 11.1. The van der Waals surface area contributed by atoms with Gasteiger partial charge in [0, 0.05) is 99.8 Å². The van der Waals surface area contributed by atoms with Gasteiger partial charge in [-0.3, -0.25) is 44.4 Å². The number of likely N-dealkylation sites (tertiary alicyclic amines) is 1. The molecule has 2 amide bonds. The first-order valence-corrected chi connectivity index (χ1v) is 29.3. The molecule has 0 radical (unpaired) electrons. The van der Waals surface area contributed by atoms with E-state index in [1.54, 1.807) is 24.0 Å². The Morgan fingerprint density at radius 3 is 1.67 bits per heavy atom. The maximum Gasteiger partial charge on any atom is 0.409 e. The van der Waals surface area contributed by atoms with Crippen LogP contribution >= 0.6 is 11.6 Å².